The lowest BCUT2D eigenvalue weighted by molar-refractivity contribution is -0.157. The van der Waals surface area contributed by atoms with Crippen LogP contribution in [0.2, 0.25) is 0 Å². The summed E-state index contributed by atoms with van der Waals surface area (Å²) in [5.74, 6) is -3.11. The highest BCUT2D eigenvalue weighted by atomic mass is 32.2. The molecule has 1 amide bonds. The summed E-state index contributed by atoms with van der Waals surface area (Å²) in [6, 6.07) is 2.06. The first-order valence-corrected chi connectivity index (χ1v) is 7.15. The summed E-state index contributed by atoms with van der Waals surface area (Å²) in [7, 11) is 0. The lowest BCUT2D eigenvalue weighted by Gasteiger charge is -2.32. The molecule has 1 aromatic carbocycles. The number of hydrogen-bond donors (Lipinski definition) is 1. The van der Waals surface area contributed by atoms with Crippen LogP contribution < -0.4 is 0 Å². The molecule has 1 aliphatic heterocycles. The number of aliphatic carboxylic acids is 1. The number of benzene rings is 1. The van der Waals surface area contributed by atoms with Crippen LogP contribution in [-0.2, 0) is 14.3 Å². The van der Waals surface area contributed by atoms with Gasteiger partial charge in [0.05, 0.1) is 19.0 Å². The second kappa shape index (κ2) is 6.86. The van der Waals surface area contributed by atoms with E-state index in [2.05, 4.69) is 0 Å². The number of carboxylic acids is 1. The zero-order valence-corrected chi connectivity index (χ0v) is 11.7. The van der Waals surface area contributed by atoms with Crippen LogP contribution >= 0.6 is 11.8 Å². The Kier molecular flexibility index (Phi) is 5.13. The van der Waals surface area contributed by atoms with Gasteiger partial charge in [-0.1, -0.05) is 0 Å². The topological polar surface area (TPSA) is 66.8 Å². The normalized spacial score (nSPS) is 18.6. The summed E-state index contributed by atoms with van der Waals surface area (Å²) in [5, 5.41) is 9.04. The Morgan fingerprint density at radius 3 is 2.86 bits per heavy atom. The lowest BCUT2D eigenvalue weighted by atomic mass is 10.2. The molecule has 2 rings (SSSR count). The molecule has 1 atom stereocenters. The molecule has 1 fully saturated rings. The largest absolute Gasteiger partial charge is 0.480 e. The fourth-order valence-corrected chi connectivity index (χ4v) is 2.73. The predicted molar refractivity (Wildman–Crippen MR) is 71.0 cm³/mol. The quantitative estimate of drug-likeness (QED) is 0.850. The van der Waals surface area contributed by atoms with Crippen LogP contribution in [0.15, 0.2) is 23.1 Å². The van der Waals surface area contributed by atoms with Crippen LogP contribution in [0.1, 0.15) is 0 Å². The van der Waals surface area contributed by atoms with Crippen LogP contribution in [0.4, 0.5) is 8.78 Å². The second-order valence-corrected chi connectivity index (χ2v) is 5.40. The van der Waals surface area contributed by atoms with Gasteiger partial charge in [0, 0.05) is 17.5 Å². The number of nitrogens with zero attached hydrogens (tertiary/aromatic N) is 1. The first kappa shape index (κ1) is 15.7. The van der Waals surface area contributed by atoms with Gasteiger partial charge in [-0.25, -0.2) is 13.6 Å². The molecule has 0 aromatic heterocycles. The maximum absolute atomic E-state index is 13.4. The van der Waals surface area contributed by atoms with Crippen LogP contribution in [0.25, 0.3) is 0 Å². The van der Waals surface area contributed by atoms with Gasteiger partial charge in [-0.2, -0.15) is 0 Å². The molecule has 1 saturated heterocycles. The molecule has 1 heterocycles. The van der Waals surface area contributed by atoms with Crippen molar-refractivity contribution in [2.45, 2.75) is 10.9 Å². The number of amides is 1. The minimum Gasteiger partial charge on any atom is -0.480 e. The molecular formula is C13H13F2NO4S. The molecule has 5 nitrogen and oxygen atoms in total. The van der Waals surface area contributed by atoms with Gasteiger partial charge in [0.1, 0.15) is 11.6 Å². The van der Waals surface area contributed by atoms with E-state index in [-0.39, 0.29) is 30.4 Å². The number of carboxylic acid groups (broad SMARTS) is 1. The van der Waals surface area contributed by atoms with Crippen molar-refractivity contribution >= 4 is 23.6 Å². The van der Waals surface area contributed by atoms with E-state index in [1.165, 1.54) is 11.0 Å². The van der Waals surface area contributed by atoms with Crippen molar-refractivity contribution in [3.63, 3.8) is 0 Å². The van der Waals surface area contributed by atoms with E-state index in [0.29, 0.717) is 0 Å². The number of carbonyl (C=O) groups is 2. The van der Waals surface area contributed by atoms with Gasteiger partial charge in [-0.05, 0) is 12.1 Å². The molecule has 1 unspecified atom stereocenters. The molecule has 0 bridgehead atoms. The van der Waals surface area contributed by atoms with Crippen LogP contribution in [0.5, 0.6) is 0 Å². The van der Waals surface area contributed by atoms with Gasteiger partial charge in [0.15, 0.2) is 6.04 Å². The van der Waals surface area contributed by atoms with Gasteiger partial charge in [-0.15, -0.1) is 11.8 Å². The first-order valence-electron chi connectivity index (χ1n) is 6.17. The molecule has 21 heavy (non-hydrogen) atoms. The van der Waals surface area contributed by atoms with E-state index in [9.17, 15) is 18.4 Å². The summed E-state index contributed by atoms with van der Waals surface area (Å²) in [5.41, 5.74) is 0. The summed E-state index contributed by atoms with van der Waals surface area (Å²) in [4.78, 5) is 24.5. The van der Waals surface area contributed by atoms with E-state index in [4.69, 9.17) is 9.84 Å². The maximum Gasteiger partial charge on any atom is 0.328 e. The van der Waals surface area contributed by atoms with Gasteiger partial charge >= 0.3 is 5.97 Å². The standard InChI is InChI=1S/C13H13F2NO4S/c14-8-1-2-11(9(15)5-8)21-7-12(17)16-3-4-20-6-10(16)13(18)19/h1-2,5,10H,3-4,6-7H2,(H,18,19). The highest BCUT2D eigenvalue weighted by molar-refractivity contribution is 8.00. The molecule has 1 N–H and O–H groups in total. The summed E-state index contributed by atoms with van der Waals surface area (Å²) in [6.07, 6.45) is 0. The predicted octanol–water partition coefficient (Wildman–Crippen LogP) is 1.37. The van der Waals surface area contributed by atoms with Crippen molar-refractivity contribution in [1.82, 2.24) is 4.90 Å². The maximum atomic E-state index is 13.4. The fraction of sp³-hybridized carbons (Fsp3) is 0.385. The van der Waals surface area contributed by atoms with E-state index in [1.54, 1.807) is 0 Å². The molecule has 0 radical (unpaired) electrons. The van der Waals surface area contributed by atoms with E-state index >= 15 is 0 Å². The number of rotatable bonds is 4. The molecule has 0 spiro atoms. The van der Waals surface area contributed by atoms with Crippen molar-refractivity contribution in [1.29, 1.82) is 0 Å². The molecule has 114 valence electrons. The first-order chi connectivity index (χ1) is 9.99. The fourth-order valence-electron chi connectivity index (χ4n) is 1.92. The van der Waals surface area contributed by atoms with E-state index < -0.39 is 29.6 Å². The number of thioether (sulfide) groups is 1. The average Bonchev–Trinajstić information content (AvgIpc) is 2.46. The third kappa shape index (κ3) is 3.92. The third-order valence-electron chi connectivity index (χ3n) is 2.98. The zero-order valence-electron chi connectivity index (χ0n) is 10.9. The molecule has 8 heteroatoms. The Labute approximate surface area is 123 Å². The van der Waals surface area contributed by atoms with E-state index in [1.807, 2.05) is 0 Å². The van der Waals surface area contributed by atoms with Gasteiger partial charge in [0.2, 0.25) is 5.91 Å². The van der Waals surface area contributed by atoms with Gasteiger partial charge in [-0.3, -0.25) is 4.79 Å². The molecular weight excluding hydrogens is 304 g/mol. The van der Waals surface area contributed by atoms with Crippen LogP contribution in [0, 0.1) is 11.6 Å². The number of carbonyl (C=O) groups excluding carboxylic acids is 1. The Morgan fingerprint density at radius 2 is 2.19 bits per heavy atom. The van der Waals surface area contributed by atoms with Gasteiger partial charge < -0.3 is 14.7 Å². The smallest absolute Gasteiger partial charge is 0.328 e. The second-order valence-electron chi connectivity index (χ2n) is 4.38. The van der Waals surface area contributed by atoms with Crippen LogP contribution in [0.3, 0.4) is 0 Å². The van der Waals surface area contributed by atoms with Crippen molar-refractivity contribution in [2.24, 2.45) is 0 Å². The summed E-state index contributed by atoms with van der Waals surface area (Å²) >= 11 is 0.905. The number of halogens is 2. The third-order valence-corrected chi connectivity index (χ3v) is 4.01. The zero-order chi connectivity index (χ0) is 15.4. The Morgan fingerprint density at radius 1 is 1.43 bits per heavy atom. The van der Waals surface area contributed by atoms with Gasteiger partial charge in [0.25, 0.3) is 0 Å². The van der Waals surface area contributed by atoms with Crippen molar-refractivity contribution in [2.75, 3.05) is 25.5 Å². The highest BCUT2D eigenvalue weighted by Crippen LogP contribution is 2.23. The lowest BCUT2D eigenvalue weighted by Crippen LogP contribution is -2.53. The Bertz CT molecular complexity index is 555. The number of morpholine rings is 1. The van der Waals surface area contributed by atoms with E-state index in [0.717, 1.165) is 23.9 Å². The highest BCUT2D eigenvalue weighted by Gasteiger charge is 2.32. The molecule has 0 aliphatic carbocycles. The molecule has 1 aliphatic rings. The Balaban J connectivity index is 1.98. The monoisotopic (exact) mass is 317 g/mol. The minimum atomic E-state index is -1.14. The minimum absolute atomic E-state index is 0.0589. The Hall–Kier alpha value is -1.67. The average molecular weight is 317 g/mol. The van der Waals surface area contributed by atoms with Crippen LogP contribution in [-0.4, -0.2) is 53.4 Å². The summed E-state index contributed by atoms with van der Waals surface area (Å²) < 4.78 is 31.3. The SMILES string of the molecule is O=C(O)C1COCCN1C(=O)CSc1ccc(F)cc1F. The molecule has 0 saturated carbocycles. The molecule has 1 aromatic rings. The number of ether oxygens (including phenoxy) is 1. The van der Waals surface area contributed by atoms with Crippen molar-refractivity contribution in [3.05, 3.63) is 29.8 Å². The summed E-state index contributed by atoms with van der Waals surface area (Å²) in [6.45, 7) is 0.393. The number of hydrogen-bond acceptors (Lipinski definition) is 4. The van der Waals surface area contributed by atoms with Crippen molar-refractivity contribution in [3.8, 4) is 0 Å². The van der Waals surface area contributed by atoms with Crippen molar-refractivity contribution < 1.29 is 28.2 Å².